The van der Waals surface area contributed by atoms with Gasteiger partial charge in [-0.15, -0.1) is 0 Å². The van der Waals surface area contributed by atoms with Crippen LogP contribution in [-0.4, -0.2) is 58.1 Å². The maximum absolute atomic E-state index is 6.38. The van der Waals surface area contributed by atoms with Gasteiger partial charge in [-0.25, -0.2) is 0 Å². The van der Waals surface area contributed by atoms with Gasteiger partial charge in [0.25, 0.3) is 0 Å². The summed E-state index contributed by atoms with van der Waals surface area (Å²) in [6.45, 7) is 8.40. The SMILES string of the molecule is CCCCCCCC/C=C\CCCCCCCCOC[C@H](CCCC[N+](C)(C)C)OCCCCCCCC/C=C\CCCCCCCC. The fraction of sp³-hybridized carbons (Fsp3) is 0.911. The Morgan fingerprint density at radius 3 is 1.21 bits per heavy atom. The first-order valence-electron chi connectivity index (χ1n) is 21.8. The van der Waals surface area contributed by atoms with Crippen molar-refractivity contribution >= 4 is 0 Å². The Labute approximate surface area is 304 Å². The van der Waals surface area contributed by atoms with E-state index < -0.39 is 0 Å². The number of hydrogen-bond donors (Lipinski definition) is 0. The third-order valence-corrected chi connectivity index (χ3v) is 9.72. The van der Waals surface area contributed by atoms with Gasteiger partial charge in [0.1, 0.15) is 0 Å². The molecule has 0 N–H and O–H groups in total. The lowest BCUT2D eigenvalue weighted by atomic mass is 10.1. The minimum Gasteiger partial charge on any atom is -0.379 e. The Hall–Kier alpha value is -0.640. The van der Waals surface area contributed by atoms with E-state index in [0.717, 1.165) is 30.7 Å². The van der Waals surface area contributed by atoms with Gasteiger partial charge in [-0.2, -0.15) is 0 Å². The van der Waals surface area contributed by atoms with E-state index in [-0.39, 0.29) is 6.10 Å². The molecule has 3 nitrogen and oxygen atoms in total. The van der Waals surface area contributed by atoms with E-state index in [0.29, 0.717) is 0 Å². The number of allylic oxidation sites excluding steroid dienone is 4. The highest BCUT2D eigenvalue weighted by molar-refractivity contribution is 4.82. The predicted octanol–water partition coefficient (Wildman–Crippen LogP) is 14.3. The third-order valence-electron chi connectivity index (χ3n) is 9.72. The van der Waals surface area contributed by atoms with Crippen molar-refractivity contribution in [2.45, 2.75) is 219 Å². The summed E-state index contributed by atoms with van der Waals surface area (Å²) in [5.74, 6) is 0. The molecule has 0 saturated heterocycles. The molecule has 0 bridgehead atoms. The number of unbranched alkanes of at least 4 members (excludes halogenated alkanes) is 25. The Kier molecular flexibility index (Phi) is 38.6. The van der Waals surface area contributed by atoms with E-state index in [1.54, 1.807) is 0 Å². The molecule has 0 aliphatic heterocycles. The molecule has 0 saturated carbocycles. The van der Waals surface area contributed by atoms with Crippen LogP contribution in [0.3, 0.4) is 0 Å². The highest BCUT2D eigenvalue weighted by atomic mass is 16.5. The summed E-state index contributed by atoms with van der Waals surface area (Å²) in [5.41, 5.74) is 0. The molecule has 0 unspecified atom stereocenters. The fourth-order valence-corrected chi connectivity index (χ4v) is 6.44. The van der Waals surface area contributed by atoms with Crippen LogP contribution < -0.4 is 0 Å². The van der Waals surface area contributed by atoms with Gasteiger partial charge in [-0.3, -0.25) is 0 Å². The first-order chi connectivity index (χ1) is 23.5. The van der Waals surface area contributed by atoms with Gasteiger partial charge < -0.3 is 14.0 Å². The van der Waals surface area contributed by atoms with Crippen LogP contribution in [0.4, 0.5) is 0 Å². The number of rotatable bonds is 40. The first-order valence-corrected chi connectivity index (χ1v) is 21.8. The lowest BCUT2D eigenvalue weighted by Gasteiger charge is -2.24. The molecule has 0 aliphatic carbocycles. The summed E-state index contributed by atoms with van der Waals surface area (Å²) < 4.78 is 13.6. The van der Waals surface area contributed by atoms with Crippen molar-refractivity contribution < 1.29 is 14.0 Å². The molecule has 0 spiro atoms. The minimum absolute atomic E-state index is 0.273. The standard InChI is InChI=1S/C45H90NO2/c1-6-8-10-12-14-16-18-20-22-24-26-28-30-32-34-38-42-47-44-45(40-36-37-41-46(3,4)5)48-43-39-35-33-31-29-27-25-23-21-19-17-15-13-11-9-7-2/h20-23,45H,6-19,24-44H2,1-5H3/q+1/b22-20-,23-21-/t45-/m0/s1. The second kappa shape index (κ2) is 39.2. The van der Waals surface area contributed by atoms with Crippen molar-refractivity contribution in [3.63, 3.8) is 0 Å². The van der Waals surface area contributed by atoms with Gasteiger partial charge in [-0.05, 0) is 83.5 Å². The van der Waals surface area contributed by atoms with Gasteiger partial charge in [0.15, 0.2) is 0 Å². The monoisotopic (exact) mass is 677 g/mol. The van der Waals surface area contributed by atoms with Crippen LogP contribution in [0.2, 0.25) is 0 Å². The summed E-state index contributed by atoms with van der Waals surface area (Å²) in [6, 6.07) is 0. The lowest BCUT2D eigenvalue weighted by Crippen LogP contribution is -2.35. The van der Waals surface area contributed by atoms with Crippen LogP contribution in [0.15, 0.2) is 24.3 Å². The van der Waals surface area contributed by atoms with Crippen LogP contribution >= 0.6 is 0 Å². The molecule has 0 aromatic carbocycles. The molecule has 0 aromatic rings. The van der Waals surface area contributed by atoms with Crippen molar-refractivity contribution in [3.8, 4) is 0 Å². The van der Waals surface area contributed by atoms with Gasteiger partial charge in [-0.1, -0.05) is 154 Å². The molecular weight excluding hydrogens is 587 g/mol. The van der Waals surface area contributed by atoms with Crippen molar-refractivity contribution in [2.24, 2.45) is 0 Å². The molecule has 3 heteroatoms. The number of nitrogens with zero attached hydrogens (tertiary/aromatic N) is 1. The van der Waals surface area contributed by atoms with Crippen LogP contribution in [-0.2, 0) is 9.47 Å². The fourth-order valence-electron chi connectivity index (χ4n) is 6.44. The van der Waals surface area contributed by atoms with Crippen LogP contribution in [0.1, 0.15) is 213 Å². The van der Waals surface area contributed by atoms with Gasteiger partial charge in [0.05, 0.1) is 40.4 Å². The summed E-state index contributed by atoms with van der Waals surface area (Å²) in [5, 5.41) is 0. The number of ether oxygens (including phenoxy) is 2. The van der Waals surface area contributed by atoms with Crippen molar-refractivity contribution in [3.05, 3.63) is 24.3 Å². The van der Waals surface area contributed by atoms with E-state index in [4.69, 9.17) is 9.47 Å². The first kappa shape index (κ1) is 47.4. The highest BCUT2D eigenvalue weighted by Crippen LogP contribution is 2.14. The Balaban J connectivity index is 3.81. The molecular formula is C45H90NO2+. The third kappa shape index (κ3) is 41.5. The average molecular weight is 677 g/mol. The zero-order valence-electron chi connectivity index (χ0n) is 33.9. The highest BCUT2D eigenvalue weighted by Gasteiger charge is 2.12. The molecule has 0 rings (SSSR count). The minimum atomic E-state index is 0.273. The van der Waals surface area contributed by atoms with Crippen LogP contribution in [0.25, 0.3) is 0 Å². The maximum Gasteiger partial charge on any atom is 0.0808 e. The van der Waals surface area contributed by atoms with E-state index in [1.165, 1.54) is 199 Å². The zero-order valence-corrected chi connectivity index (χ0v) is 33.9. The van der Waals surface area contributed by atoms with E-state index >= 15 is 0 Å². The number of quaternary nitrogens is 1. The summed E-state index contributed by atoms with van der Waals surface area (Å²) in [6.07, 6.45) is 51.5. The Morgan fingerprint density at radius 2 is 0.792 bits per heavy atom. The van der Waals surface area contributed by atoms with Crippen molar-refractivity contribution in [1.82, 2.24) is 0 Å². The maximum atomic E-state index is 6.38. The van der Waals surface area contributed by atoms with Gasteiger partial charge in [0.2, 0.25) is 0 Å². The largest absolute Gasteiger partial charge is 0.379 e. The molecule has 0 radical (unpaired) electrons. The van der Waals surface area contributed by atoms with E-state index in [9.17, 15) is 0 Å². The van der Waals surface area contributed by atoms with Crippen LogP contribution in [0, 0.1) is 0 Å². The molecule has 0 heterocycles. The topological polar surface area (TPSA) is 18.5 Å². The molecule has 286 valence electrons. The summed E-state index contributed by atoms with van der Waals surface area (Å²) >= 11 is 0. The van der Waals surface area contributed by atoms with Crippen molar-refractivity contribution in [1.29, 1.82) is 0 Å². The quantitative estimate of drug-likeness (QED) is 0.0365. The van der Waals surface area contributed by atoms with E-state index in [2.05, 4.69) is 59.3 Å². The van der Waals surface area contributed by atoms with Crippen LogP contribution in [0.5, 0.6) is 0 Å². The molecule has 0 fully saturated rings. The van der Waals surface area contributed by atoms with Gasteiger partial charge in [0, 0.05) is 13.2 Å². The van der Waals surface area contributed by atoms with Crippen molar-refractivity contribution in [2.75, 3.05) is 47.5 Å². The smallest absolute Gasteiger partial charge is 0.0808 e. The predicted molar refractivity (Wildman–Crippen MR) is 216 cm³/mol. The second-order valence-electron chi connectivity index (χ2n) is 16.0. The van der Waals surface area contributed by atoms with Gasteiger partial charge >= 0.3 is 0 Å². The molecule has 0 aromatic heterocycles. The normalized spacial score (nSPS) is 13.0. The molecule has 0 amide bonds. The average Bonchev–Trinajstić information content (AvgIpc) is 3.06. The Bertz CT molecular complexity index is 652. The summed E-state index contributed by atoms with van der Waals surface area (Å²) in [4.78, 5) is 0. The molecule has 1 atom stereocenters. The second-order valence-corrected chi connectivity index (χ2v) is 16.0. The summed E-state index contributed by atoms with van der Waals surface area (Å²) in [7, 11) is 6.88. The van der Waals surface area contributed by atoms with E-state index in [1.807, 2.05) is 0 Å². The Morgan fingerprint density at radius 1 is 0.417 bits per heavy atom. The number of hydrogen-bond acceptors (Lipinski definition) is 2. The molecule has 48 heavy (non-hydrogen) atoms. The lowest BCUT2D eigenvalue weighted by molar-refractivity contribution is -0.870. The zero-order chi connectivity index (χ0) is 35.1. The molecule has 0 aliphatic rings.